The molecule has 2 aliphatic rings. The van der Waals surface area contributed by atoms with Gasteiger partial charge in [-0.3, -0.25) is 14.4 Å². The van der Waals surface area contributed by atoms with Crippen molar-refractivity contribution in [2.24, 2.45) is 0 Å². The molecule has 3 rings (SSSR count). The summed E-state index contributed by atoms with van der Waals surface area (Å²) in [6, 6.07) is 2.83. The summed E-state index contributed by atoms with van der Waals surface area (Å²) in [7, 11) is 0. The summed E-state index contributed by atoms with van der Waals surface area (Å²) >= 11 is 0. The van der Waals surface area contributed by atoms with Crippen molar-refractivity contribution in [1.29, 1.82) is 0 Å². The maximum Gasteiger partial charge on any atom is 0.240 e. The lowest BCUT2D eigenvalue weighted by molar-refractivity contribution is -0.135. The Morgan fingerprint density at radius 1 is 1.39 bits per heavy atom. The topological polar surface area (TPSA) is 41.4 Å². The van der Waals surface area contributed by atoms with Crippen molar-refractivity contribution < 1.29 is 4.79 Å². The SMILES string of the molecule is CC(C)N1CCC(N2CC(n3cccn3)C2)C1=O. The van der Waals surface area contributed by atoms with Crippen LogP contribution in [0.3, 0.4) is 0 Å². The van der Waals surface area contributed by atoms with E-state index >= 15 is 0 Å². The Balaban J connectivity index is 1.58. The van der Waals surface area contributed by atoms with E-state index in [9.17, 15) is 4.79 Å². The second kappa shape index (κ2) is 4.39. The van der Waals surface area contributed by atoms with Crippen LogP contribution in [-0.4, -0.2) is 57.2 Å². The predicted molar refractivity (Wildman–Crippen MR) is 68.1 cm³/mol. The minimum atomic E-state index is 0.110. The molecule has 0 aliphatic carbocycles. The molecule has 98 valence electrons. The van der Waals surface area contributed by atoms with Crippen LogP contribution in [0.15, 0.2) is 18.5 Å². The van der Waals surface area contributed by atoms with E-state index in [-0.39, 0.29) is 6.04 Å². The lowest BCUT2D eigenvalue weighted by Gasteiger charge is -2.42. The molecule has 3 heterocycles. The third-order valence-electron chi connectivity index (χ3n) is 4.07. The van der Waals surface area contributed by atoms with Gasteiger partial charge in [-0.25, -0.2) is 0 Å². The van der Waals surface area contributed by atoms with E-state index in [1.54, 1.807) is 0 Å². The van der Waals surface area contributed by atoms with E-state index in [2.05, 4.69) is 23.8 Å². The van der Waals surface area contributed by atoms with Gasteiger partial charge in [0.2, 0.25) is 5.91 Å². The molecule has 0 radical (unpaired) electrons. The largest absolute Gasteiger partial charge is 0.339 e. The van der Waals surface area contributed by atoms with Gasteiger partial charge < -0.3 is 4.90 Å². The molecule has 0 bridgehead atoms. The normalized spacial score (nSPS) is 26.1. The Kier molecular flexibility index (Phi) is 2.86. The molecule has 1 aromatic rings. The highest BCUT2D eigenvalue weighted by Crippen LogP contribution is 2.28. The number of carbonyl (C=O) groups excluding carboxylic acids is 1. The van der Waals surface area contributed by atoms with E-state index in [1.807, 2.05) is 28.0 Å². The molecule has 0 N–H and O–H groups in total. The Bertz CT molecular complexity index is 422. The summed E-state index contributed by atoms with van der Waals surface area (Å²) in [6.45, 7) is 6.98. The molecule has 2 saturated heterocycles. The Morgan fingerprint density at radius 3 is 2.72 bits per heavy atom. The maximum absolute atomic E-state index is 12.2. The second-order valence-corrected chi connectivity index (χ2v) is 5.52. The van der Waals surface area contributed by atoms with Gasteiger partial charge in [0, 0.05) is 38.1 Å². The number of rotatable bonds is 3. The standard InChI is InChI=1S/C13H20N4O/c1-10(2)16-7-4-12(13(16)18)15-8-11(9-15)17-6-3-5-14-17/h3,5-6,10-12H,4,7-9H2,1-2H3. The zero-order valence-corrected chi connectivity index (χ0v) is 11.0. The monoisotopic (exact) mass is 248 g/mol. The van der Waals surface area contributed by atoms with Gasteiger partial charge in [-0.1, -0.05) is 0 Å². The first kappa shape index (κ1) is 11.7. The van der Waals surface area contributed by atoms with Crippen molar-refractivity contribution in [3.8, 4) is 0 Å². The van der Waals surface area contributed by atoms with E-state index < -0.39 is 0 Å². The smallest absolute Gasteiger partial charge is 0.240 e. The van der Waals surface area contributed by atoms with Crippen LogP contribution in [0, 0.1) is 0 Å². The number of nitrogens with zero attached hydrogens (tertiary/aromatic N) is 4. The Labute approximate surface area is 107 Å². The molecule has 1 atom stereocenters. The Morgan fingerprint density at radius 2 is 2.17 bits per heavy atom. The number of likely N-dealkylation sites (tertiary alicyclic amines) is 2. The maximum atomic E-state index is 12.2. The van der Waals surface area contributed by atoms with Gasteiger partial charge in [-0.15, -0.1) is 0 Å². The molecular weight excluding hydrogens is 228 g/mol. The van der Waals surface area contributed by atoms with Crippen LogP contribution in [0.1, 0.15) is 26.3 Å². The van der Waals surface area contributed by atoms with Crippen LogP contribution < -0.4 is 0 Å². The summed E-state index contributed by atoms with van der Waals surface area (Å²) in [5.41, 5.74) is 0. The third-order valence-corrected chi connectivity index (χ3v) is 4.07. The fourth-order valence-corrected chi connectivity index (χ4v) is 2.94. The van der Waals surface area contributed by atoms with Crippen LogP contribution in [0.25, 0.3) is 0 Å². The first-order valence-corrected chi connectivity index (χ1v) is 6.70. The number of aromatic nitrogens is 2. The first-order valence-electron chi connectivity index (χ1n) is 6.70. The zero-order chi connectivity index (χ0) is 12.7. The summed E-state index contributed by atoms with van der Waals surface area (Å²) in [6.07, 6.45) is 4.78. The van der Waals surface area contributed by atoms with Crippen molar-refractivity contribution in [2.45, 2.75) is 38.4 Å². The van der Waals surface area contributed by atoms with Gasteiger partial charge in [0.15, 0.2) is 0 Å². The molecule has 0 aromatic carbocycles. The Hall–Kier alpha value is -1.36. The molecule has 2 aliphatic heterocycles. The number of amides is 1. The van der Waals surface area contributed by atoms with E-state index in [4.69, 9.17) is 0 Å². The molecule has 2 fully saturated rings. The predicted octanol–water partition coefficient (Wildman–Crippen LogP) is 0.749. The van der Waals surface area contributed by atoms with Crippen LogP contribution in [0.5, 0.6) is 0 Å². The number of hydrogen-bond donors (Lipinski definition) is 0. The highest BCUT2D eigenvalue weighted by atomic mass is 16.2. The van der Waals surface area contributed by atoms with Crippen molar-refractivity contribution >= 4 is 5.91 Å². The molecule has 1 amide bonds. The minimum absolute atomic E-state index is 0.110. The second-order valence-electron chi connectivity index (χ2n) is 5.52. The molecule has 1 aromatic heterocycles. The molecule has 5 nitrogen and oxygen atoms in total. The van der Waals surface area contributed by atoms with Crippen molar-refractivity contribution in [1.82, 2.24) is 19.6 Å². The number of carbonyl (C=O) groups is 1. The fourth-order valence-electron chi connectivity index (χ4n) is 2.94. The van der Waals surface area contributed by atoms with Gasteiger partial charge in [0.05, 0.1) is 12.1 Å². The van der Waals surface area contributed by atoms with E-state index in [0.29, 0.717) is 18.0 Å². The summed E-state index contributed by atoms with van der Waals surface area (Å²) in [5, 5.41) is 4.26. The molecule has 1 unspecified atom stereocenters. The van der Waals surface area contributed by atoms with E-state index in [1.165, 1.54) is 0 Å². The highest BCUT2D eigenvalue weighted by Gasteiger charge is 2.42. The van der Waals surface area contributed by atoms with Crippen LogP contribution >= 0.6 is 0 Å². The van der Waals surface area contributed by atoms with Crippen molar-refractivity contribution in [3.05, 3.63) is 18.5 Å². The first-order chi connectivity index (χ1) is 8.66. The van der Waals surface area contributed by atoms with Gasteiger partial charge in [-0.05, 0) is 26.3 Å². The van der Waals surface area contributed by atoms with E-state index in [0.717, 1.165) is 26.1 Å². The minimum Gasteiger partial charge on any atom is -0.339 e. The summed E-state index contributed by atoms with van der Waals surface area (Å²) in [5.74, 6) is 0.309. The fraction of sp³-hybridized carbons (Fsp3) is 0.692. The quantitative estimate of drug-likeness (QED) is 0.792. The number of hydrogen-bond acceptors (Lipinski definition) is 3. The molecule has 5 heteroatoms. The lowest BCUT2D eigenvalue weighted by Crippen LogP contribution is -2.55. The van der Waals surface area contributed by atoms with Crippen LogP contribution in [0.2, 0.25) is 0 Å². The molecular formula is C13H20N4O. The molecule has 0 saturated carbocycles. The average Bonchev–Trinajstić information content (AvgIpc) is 2.87. The van der Waals surface area contributed by atoms with Gasteiger partial charge in [0.1, 0.15) is 0 Å². The summed E-state index contributed by atoms with van der Waals surface area (Å²) < 4.78 is 2.00. The lowest BCUT2D eigenvalue weighted by atomic mass is 10.0. The third kappa shape index (κ3) is 1.82. The van der Waals surface area contributed by atoms with Gasteiger partial charge in [0.25, 0.3) is 0 Å². The molecule has 0 spiro atoms. The van der Waals surface area contributed by atoms with Crippen molar-refractivity contribution in [3.63, 3.8) is 0 Å². The van der Waals surface area contributed by atoms with Crippen LogP contribution in [-0.2, 0) is 4.79 Å². The summed E-state index contributed by atoms with van der Waals surface area (Å²) in [4.78, 5) is 16.5. The highest BCUT2D eigenvalue weighted by molar-refractivity contribution is 5.84. The average molecular weight is 248 g/mol. The van der Waals surface area contributed by atoms with Crippen molar-refractivity contribution in [2.75, 3.05) is 19.6 Å². The zero-order valence-electron chi connectivity index (χ0n) is 11.0. The van der Waals surface area contributed by atoms with Gasteiger partial charge >= 0.3 is 0 Å². The van der Waals surface area contributed by atoms with Gasteiger partial charge in [-0.2, -0.15) is 5.10 Å². The molecule has 18 heavy (non-hydrogen) atoms. The van der Waals surface area contributed by atoms with Crippen LogP contribution in [0.4, 0.5) is 0 Å².